The van der Waals surface area contributed by atoms with Gasteiger partial charge < -0.3 is 20.3 Å². The van der Waals surface area contributed by atoms with Crippen LogP contribution in [-0.2, 0) is 10.3 Å². The van der Waals surface area contributed by atoms with Gasteiger partial charge in [-0.2, -0.15) is 5.10 Å². The van der Waals surface area contributed by atoms with Crippen LogP contribution in [0.25, 0.3) is 16.9 Å². The summed E-state index contributed by atoms with van der Waals surface area (Å²) in [6, 6.07) is 17.2. The second-order valence-corrected chi connectivity index (χ2v) is 9.39. The molecule has 1 atom stereocenters. The fourth-order valence-electron chi connectivity index (χ4n) is 3.50. The number of aromatic nitrogens is 2. The highest BCUT2D eigenvalue weighted by molar-refractivity contribution is 5.66. The molecule has 3 rings (SSSR count). The topological polar surface area (TPSA) is 99.6 Å². The van der Waals surface area contributed by atoms with Gasteiger partial charge in [-0.05, 0) is 49.7 Å². The van der Waals surface area contributed by atoms with Crippen molar-refractivity contribution in [2.24, 2.45) is 11.1 Å². The lowest BCUT2D eigenvalue weighted by atomic mass is 9.84. The first kappa shape index (κ1) is 23.3. The third-order valence-electron chi connectivity index (χ3n) is 5.18. The molecule has 0 spiro atoms. The zero-order valence-corrected chi connectivity index (χ0v) is 19.4. The Morgan fingerprint density at radius 1 is 1.03 bits per heavy atom. The highest BCUT2D eigenvalue weighted by atomic mass is 16.6. The Balaban J connectivity index is 2.06. The summed E-state index contributed by atoms with van der Waals surface area (Å²) in [6.45, 7) is 9.37. The minimum atomic E-state index is -1.10. The lowest BCUT2D eigenvalue weighted by Crippen LogP contribution is -2.26. The summed E-state index contributed by atoms with van der Waals surface area (Å²) in [5.74, 6) is 0.747. The van der Waals surface area contributed by atoms with Crippen molar-refractivity contribution in [3.63, 3.8) is 0 Å². The Morgan fingerprint density at radius 3 is 2.09 bits per heavy atom. The molecule has 1 amide bonds. The van der Waals surface area contributed by atoms with Crippen molar-refractivity contribution in [2.45, 2.75) is 46.3 Å². The van der Waals surface area contributed by atoms with Crippen LogP contribution in [0.3, 0.4) is 0 Å². The predicted molar refractivity (Wildman–Crippen MR) is 124 cm³/mol. The van der Waals surface area contributed by atoms with E-state index in [1.807, 2.05) is 75.4 Å². The van der Waals surface area contributed by atoms with Crippen molar-refractivity contribution >= 4 is 6.09 Å². The average molecular weight is 438 g/mol. The molecule has 0 aliphatic heterocycles. The normalized spacial score (nSPS) is 13.0. The molecule has 7 heteroatoms. The van der Waals surface area contributed by atoms with Gasteiger partial charge in [0.2, 0.25) is 0 Å². The zero-order chi connectivity index (χ0) is 23.7. The molecule has 32 heavy (non-hydrogen) atoms. The number of ether oxygens (including phenoxy) is 2. The number of nitrogens with two attached hydrogens (primary N) is 1. The molecule has 2 aromatic carbocycles. The van der Waals surface area contributed by atoms with Gasteiger partial charge >= 0.3 is 6.09 Å². The third-order valence-corrected chi connectivity index (χ3v) is 5.18. The van der Waals surface area contributed by atoms with E-state index in [0.717, 1.165) is 28.3 Å². The fourth-order valence-corrected chi connectivity index (χ4v) is 3.50. The van der Waals surface area contributed by atoms with Crippen molar-refractivity contribution in [3.05, 3.63) is 65.9 Å². The van der Waals surface area contributed by atoms with Crippen LogP contribution in [0, 0.1) is 5.41 Å². The number of aliphatic hydroxyl groups is 1. The Hall–Kier alpha value is -3.32. The van der Waals surface area contributed by atoms with E-state index >= 15 is 0 Å². The Morgan fingerprint density at radius 2 is 1.62 bits per heavy atom. The van der Waals surface area contributed by atoms with Gasteiger partial charge in [-0.3, -0.25) is 0 Å². The smallest absolute Gasteiger partial charge is 0.405 e. The molecular formula is C25H31N3O4. The predicted octanol–water partition coefficient (Wildman–Crippen LogP) is 4.96. The lowest BCUT2D eigenvalue weighted by Gasteiger charge is -2.30. The number of carbonyl (C=O) groups excluding carboxylic acids is 1. The van der Waals surface area contributed by atoms with Crippen molar-refractivity contribution in [3.8, 4) is 22.7 Å². The van der Waals surface area contributed by atoms with Gasteiger partial charge in [-0.25, -0.2) is 9.48 Å². The first-order valence-corrected chi connectivity index (χ1v) is 10.4. The van der Waals surface area contributed by atoms with E-state index < -0.39 is 17.8 Å². The maximum atomic E-state index is 11.4. The number of hydrogen-bond donors (Lipinski definition) is 2. The van der Waals surface area contributed by atoms with Crippen molar-refractivity contribution in [1.29, 1.82) is 0 Å². The number of carbonyl (C=O) groups is 1. The SMILES string of the molecule is COc1ccc(-n2nc(C(C)(C)O)cc2-c2ccc(C(OC(N)=O)C(C)(C)C)cc2)cc1. The molecule has 1 heterocycles. The molecule has 0 saturated heterocycles. The molecule has 0 fully saturated rings. The molecule has 1 aromatic heterocycles. The molecule has 1 unspecified atom stereocenters. The molecule has 170 valence electrons. The van der Waals surface area contributed by atoms with Crippen molar-refractivity contribution in [2.75, 3.05) is 7.11 Å². The van der Waals surface area contributed by atoms with E-state index in [-0.39, 0.29) is 5.41 Å². The summed E-state index contributed by atoms with van der Waals surface area (Å²) in [6.07, 6.45) is -1.28. The van der Waals surface area contributed by atoms with Crippen LogP contribution in [0.15, 0.2) is 54.6 Å². The van der Waals surface area contributed by atoms with Crippen LogP contribution < -0.4 is 10.5 Å². The Bertz CT molecular complexity index is 1070. The Kier molecular flexibility index (Phi) is 6.32. The minimum Gasteiger partial charge on any atom is -0.497 e. The monoisotopic (exact) mass is 437 g/mol. The standard InChI is InChI=1S/C25H31N3O4/c1-24(2,3)22(32-23(26)29)17-9-7-16(8-10-17)20-15-21(25(4,5)30)27-28(20)18-11-13-19(31-6)14-12-18/h7-15,22,30H,1-6H3,(H2,26,29). The number of methoxy groups -OCH3 is 1. The molecule has 0 radical (unpaired) electrons. The average Bonchev–Trinajstić information content (AvgIpc) is 3.17. The third kappa shape index (κ3) is 5.11. The van der Waals surface area contributed by atoms with Gasteiger partial charge in [0.25, 0.3) is 0 Å². The lowest BCUT2D eigenvalue weighted by molar-refractivity contribution is 0.0360. The van der Waals surface area contributed by atoms with Crippen molar-refractivity contribution < 1.29 is 19.4 Å². The van der Waals surface area contributed by atoms with Crippen LogP contribution in [0.5, 0.6) is 5.75 Å². The molecule has 3 N–H and O–H groups in total. The van der Waals surface area contributed by atoms with Crippen LogP contribution >= 0.6 is 0 Å². The highest BCUT2D eigenvalue weighted by Crippen LogP contribution is 2.37. The van der Waals surface area contributed by atoms with E-state index in [0.29, 0.717) is 5.69 Å². The van der Waals surface area contributed by atoms with Crippen LogP contribution in [0.1, 0.15) is 52.0 Å². The molecule has 0 aliphatic carbocycles. The molecular weight excluding hydrogens is 406 g/mol. The van der Waals surface area contributed by atoms with Crippen LogP contribution in [0.2, 0.25) is 0 Å². The largest absolute Gasteiger partial charge is 0.497 e. The maximum absolute atomic E-state index is 11.4. The first-order valence-electron chi connectivity index (χ1n) is 10.4. The number of hydrogen-bond acceptors (Lipinski definition) is 5. The van der Waals surface area contributed by atoms with E-state index in [9.17, 15) is 9.90 Å². The summed E-state index contributed by atoms with van der Waals surface area (Å²) in [5.41, 5.74) is 7.83. The maximum Gasteiger partial charge on any atom is 0.405 e. The van der Waals surface area contributed by atoms with Gasteiger partial charge in [-0.15, -0.1) is 0 Å². The van der Waals surface area contributed by atoms with Crippen LogP contribution in [-0.4, -0.2) is 28.1 Å². The summed E-state index contributed by atoms with van der Waals surface area (Å²) in [4.78, 5) is 11.4. The molecule has 0 saturated carbocycles. The Labute approximate surface area is 188 Å². The molecule has 3 aromatic rings. The van der Waals surface area contributed by atoms with Gasteiger partial charge in [-0.1, -0.05) is 45.0 Å². The summed E-state index contributed by atoms with van der Waals surface area (Å²) in [7, 11) is 1.62. The molecule has 7 nitrogen and oxygen atoms in total. The van der Waals surface area contributed by atoms with Gasteiger partial charge in [0.1, 0.15) is 17.5 Å². The van der Waals surface area contributed by atoms with Crippen molar-refractivity contribution in [1.82, 2.24) is 9.78 Å². The van der Waals surface area contributed by atoms with Crippen LogP contribution in [0.4, 0.5) is 4.79 Å². The molecule has 0 bridgehead atoms. The first-order chi connectivity index (χ1) is 14.9. The number of primary amides is 1. The summed E-state index contributed by atoms with van der Waals surface area (Å²) >= 11 is 0. The second-order valence-electron chi connectivity index (χ2n) is 9.39. The molecule has 0 aliphatic rings. The number of rotatable bonds is 6. The van der Waals surface area contributed by atoms with Gasteiger partial charge in [0.15, 0.2) is 0 Å². The summed E-state index contributed by atoms with van der Waals surface area (Å²) in [5, 5.41) is 15.2. The summed E-state index contributed by atoms with van der Waals surface area (Å²) < 4.78 is 12.4. The van der Waals surface area contributed by atoms with E-state index in [1.54, 1.807) is 25.6 Å². The second kappa shape index (κ2) is 8.67. The minimum absolute atomic E-state index is 0.324. The quantitative estimate of drug-likeness (QED) is 0.568. The fraction of sp³-hybridized carbons (Fsp3) is 0.360. The van der Waals surface area contributed by atoms with E-state index in [2.05, 4.69) is 5.10 Å². The van der Waals surface area contributed by atoms with E-state index in [1.165, 1.54) is 0 Å². The zero-order valence-electron chi connectivity index (χ0n) is 19.4. The van der Waals surface area contributed by atoms with Gasteiger partial charge in [0.05, 0.1) is 24.2 Å². The highest BCUT2D eigenvalue weighted by Gasteiger charge is 2.30. The number of nitrogens with zero attached hydrogens (tertiary/aromatic N) is 2. The van der Waals surface area contributed by atoms with Gasteiger partial charge in [0, 0.05) is 11.0 Å². The number of amides is 1. The van der Waals surface area contributed by atoms with E-state index in [4.69, 9.17) is 15.2 Å². The number of benzene rings is 2.